The van der Waals surface area contributed by atoms with Gasteiger partial charge >= 0.3 is 0 Å². The molecular formula is C18H23N5O3. The summed E-state index contributed by atoms with van der Waals surface area (Å²) in [5.41, 5.74) is 0. The number of ether oxygens (including phenoxy) is 1. The van der Waals surface area contributed by atoms with E-state index < -0.39 is 0 Å². The molecule has 0 saturated carbocycles. The molecule has 8 heteroatoms. The minimum atomic E-state index is -0.0532. The summed E-state index contributed by atoms with van der Waals surface area (Å²) in [4.78, 5) is 27.9. The van der Waals surface area contributed by atoms with Crippen LogP contribution in [0.2, 0.25) is 0 Å². The number of anilines is 2. The van der Waals surface area contributed by atoms with E-state index in [-0.39, 0.29) is 5.91 Å². The molecule has 1 amide bonds. The maximum absolute atomic E-state index is 12.4. The first-order valence-electron chi connectivity index (χ1n) is 8.97. The highest BCUT2D eigenvalue weighted by Crippen LogP contribution is 2.21. The van der Waals surface area contributed by atoms with E-state index in [4.69, 9.17) is 9.15 Å². The Hall–Kier alpha value is -2.61. The van der Waals surface area contributed by atoms with Crippen LogP contribution in [0, 0.1) is 6.92 Å². The van der Waals surface area contributed by atoms with Crippen molar-refractivity contribution >= 4 is 17.5 Å². The van der Waals surface area contributed by atoms with Gasteiger partial charge < -0.3 is 23.9 Å². The van der Waals surface area contributed by atoms with Crippen LogP contribution in [-0.4, -0.2) is 73.3 Å². The van der Waals surface area contributed by atoms with E-state index in [2.05, 4.69) is 19.8 Å². The summed E-state index contributed by atoms with van der Waals surface area (Å²) in [6, 6.07) is 5.49. The number of piperazine rings is 1. The first-order valence-corrected chi connectivity index (χ1v) is 8.97. The number of amides is 1. The fourth-order valence-electron chi connectivity index (χ4n) is 3.35. The molecule has 0 bridgehead atoms. The second kappa shape index (κ2) is 7.33. The molecule has 0 aromatic carbocycles. The van der Waals surface area contributed by atoms with E-state index in [1.165, 1.54) is 6.26 Å². The largest absolute Gasteiger partial charge is 0.459 e. The Morgan fingerprint density at radius 3 is 2.27 bits per heavy atom. The van der Waals surface area contributed by atoms with Crippen molar-refractivity contribution in [3.63, 3.8) is 0 Å². The third-order valence-corrected chi connectivity index (χ3v) is 4.77. The molecular weight excluding hydrogens is 334 g/mol. The number of morpholine rings is 1. The van der Waals surface area contributed by atoms with Gasteiger partial charge in [-0.05, 0) is 19.1 Å². The van der Waals surface area contributed by atoms with Crippen LogP contribution in [0.3, 0.4) is 0 Å². The summed E-state index contributed by atoms with van der Waals surface area (Å²) >= 11 is 0. The third kappa shape index (κ3) is 3.50. The minimum absolute atomic E-state index is 0.0532. The molecule has 0 radical (unpaired) electrons. The Morgan fingerprint density at radius 2 is 1.65 bits per heavy atom. The number of rotatable bonds is 3. The molecule has 0 unspecified atom stereocenters. The predicted molar refractivity (Wildman–Crippen MR) is 96.6 cm³/mol. The lowest BCUT2D eigenvalue weighted by molar-refractivity contribution is 0.0714. The lowest BCUT2D eigenvalue weighted by Crippen LogP contribution is -2.49. The Bertz CT molecular complexity index is 750. The van der Waals surface area contributed by atoms with E-state index in [0.29, 0.717) is 18.8 Å². The van der Waals surface area contributed by atoms with Crippen LogP contribution >= 0.6 is 0 Å². The first kappa shape index (κ1) is 16.8. The molecule has 2 aromatic rings. The van der Waals surface area contributed by atoms with Crippen LogP contribution < -0.4 is 9.80 Å². The van der Waals surface area contributed by atoms with Crippen molar-refractivity contribution < 1.29 is 13.9 Å². The predicted octanol–water partition coefficient (Wildman–Crippen LogP) is 1.18. The Kier molecular flexibility index (Phi) is 4.75. The fraction of sp³-hybridized carbons (Fsp3) is 0.500. The van der Waals surface area contributed by atoms with Crippen LogP contribution in [-0.2, 0) is 4.74 Å². The summed E-state index contributed by atoms with van der Waals surface area (Å²) < 4.78 is 10.6. The van der Waals surface area contributed by atoms with Crippen LogP contribution in [0.4, 0.5) is 11.6 Å². The summed E-state index contributed by atoms with van der Waals surface area (Å²) in [6.45, 7) is 7.85. The molecule has 2 aliphatic rings. The van der Waals surface area contributed by atoms with E-state index in [1.807, 2.05) is 17.9 Å². The maximum atomic E-state index is 12.4. The van der Waals surface area contributed by atoms with Crippen molar-refractivity contribution in [2.45, 2.75) is 6.92 Å². The molecule has 26 heavy (non-hydrogen) atoms. The second-order valence-corrected chi connectivity index (χ2v) is 6.49. The highest BCUT2D eigenvalue weighted by atomic mass is 16.5. The molecule has 0 aliphatic carbocycles. The molecule has 2 aromatic heterocycles. The van der Waals surface area contributed by atoms with Gasteiger partial charge in [0.1, 0.15) is 17.5 Å². The zero-order chi connectivity index (χ0) is 17.9. The van der Waals surface area contributed by atoms with Gasteiger partial charge in [-0.15, -0.1) is 0 Å². The van der Waals surface area contributed by atoms with Crippen molar-refractivity contribution in [3.05, 3.63) is 36.0 Å². The number of carbonyl (C=O) groups excluding carboxylic acids is 1. The van der Waals surface area contributed by atoms with E-state index in [1.54, 1.807) is 12.1 Å². The summed E-state index contributed by atoms with van der Waals surface area (Å²) in [7, 11) is 0. The van der Waals surface area contributed by atoms with Crippen molar-refractivity contribution in [1.29, 1.82) is 0 Å². The summed E-state index contributed by atoms with van der Waals surface area (Å²) in [5.74, 6) is 2.97. The van der Waals surface area contributed by atoms with Gasteiger partial charge in [0, 0.05) is 45.3 Å². The highest BCUT2D eigenvalue weighted by Gasteiger charge is 2.25. The van der Waals surface area contributed by atoms with Gasteiger partial charge in [0.25, 0.3) is 5.91 Å². The number of aryl methyl sites for hydroxylation is 1. The Balaban J connectivity index is 1.44. The van der Waals surface area contributed by atoms with Crippen LogP contribution in [0.1, 0.15) is 16.4 Å². The normalized spacial score (nSPS) is 18.3. The quantitative estimate of drug-likeness (QED) is 0.816. The topological polar surface area (TPSA) is 74.9 Å². The summed E-state index contributed by atoms with van der Waals surface area (Å²) in [6.07, 6.45) is 1.53. The molecule has 0 spiro atoms. The fourth-order valence-corrected chi connectivity index (χ4v) is 3.35. The third-order valence-electron chi connectivity index (χ3n) is 4.77. The number of hydrogen-bond donors (Lipinski definition) is 0. The van der Waals surface area contributed by atoms with Crippen molar-refractivity contribution in [2.75, 3.05) is 62.3 Å². The molecule has 8 nitrogen and oxygen atoms in total. The van der Waals surface area contributed by atoms with Crippen molar-refractivity contribution in [1.82, 2.24) is 14.9 Å². The smallest absolute Gasteiger partial charge is 0.289 e. The van der Waals surface area contributed by atoms with Gasteiger partial charge in [0.15, 0.2) is 5.76 Å². The van der Waals surface area contributed by atoms with Gasteiger partial charge in [0.2, 0.25) is 0 Å². The second-order valence-electron chi connectivity index (χ2n) is 6.49. The van der Waals surface area contributed by atoms with Crippen LogP contribution in [0.25, 0.3) is 0 Å². The molecule has 4 rings (SSSR count). The van der Waals surface area contributed by atoms with E-state index in [9.17, 15) is 4.79 Å². The molecule has 0 N–H and O–H groups in total. The first-order chi connectivity index (χ1) is 12.7. The van der Waals surface area contributed by atoms with Gasteiger partial charge in [-0.2, -0.15) is 0 Å². The van der Waals surface area contributed by atoms with E-state index >= 15 is 0 Å². The number of furan rings is 1. The number of carbonyl (C=O) groups is 1. The van der Waals surface area contributed by atoms with Gasteiger partial charge in [-0.25, -0.2) is 9.97 Å². The lowest BCUT2D eigenvalue weighted by atomic mass is 10.2. The maximum Gasteiger partial charge on any atom is 0.289 e. The molecule has 0 atom stereocenters. The van der Waals surface area contributed by atoms with Crippen molar-refractivity contribution in [2.24, 2.45) is 0 Å². The standard InChI is InChI=1S/C18H23N5O3/c1-14-19-16(13-17(20-14)22-8-11-25-12-9-22)21-4-6-23(7-5-21)18(24)15-3-2-10-26-15/h2-3,10,13H,4-9,11-12H2,1H3. The van der Waals surface area contributed by atoms with Gasteiger partial charge in [0.05, 0.1) is 19.5 Å². The zero-order valence-corrected chi connectivity index (χ0v) is 14.9. The zero-order valence-electron chi connectivity index (χ0n) is 14.9. The molecule has 4 heterocycles. The van der Waals surface area contributed by atoms with Gasteiger partial charge in [-0.1, -0.05) is 0 Å². The number of nitrogens with zero attached hydrogens (tertiary/aromatic N) is 5. The Morgan fingerprint density at radius 1 is 1.00 bits per heavy atom. The molecule has 2 fully saturated rings. The van der Waals surface area contributed by atoms with Crippen LogP contribution in [0.5, 0.6) is 0 Å². The monoisotopic (exact) mass is 357 g/mol. The Labute approximate surface area is 152 Å². The average Bonchev–Trinajstić information content (AvgIpc) is 3.22. The molecule has 138 valence electrons. The van der Waals surface area contributed by atoms with Crippen LogP contribution in [0.15, 0.2) is 28.9 Å². The average molecular weight is 357 g/mol. The van der Waals surface area contributed by atoms with Crippen molar-refractivity contribution in [3.8, 4) is 0 Å². The SMILES string of the molecule is Cc1nc(N2CCOCC2)cc(N2CCN(C(=O)c3ccco3)CC2)n1. The lowest BCUT2D eigenvalue weighted by Gasteiger charge is -2.35. The minimum Gasteiger partial charge on any atom is -0.459 e. The summed E-state index contributed by atoms with van der Waals surface area (Å²) in [5, 5.41) is 0. The molecule has 2 aliphatic heterocycles. The van der Waals surface area contributed by atoms with Gasteiger partial charge in [-0.3, -0.25) is 4.79 Å². The molecule has 2 saturated heterocycles. The van der Waals surface area contributed by atoms with E-state index in [0.717, 1.165) is 56.9 Å². The number of hydrogen-bond acceptors (Lipinski definition) is 7. The number of aromatic nitrogens is 2. The highest BCUT2D eigenvalue weighted by molar-refractivity contribution is 5.91.